The van der Waals surface area contributed by atoms with Gasteiger partial charge in [0.1, 0.15) is 0 Å². The van der Waals surface area contributed by atoms with Crippen LogP contribution in [0.5, 0.6) is 5.75 Å². The number of rotatable bonds is 0. The van der Waals surface area contributed by atoms with E-state index in [-0.39, 0.29) is 26.2 Å². The zero-order valence-electron chi connectivity index (χ0n) is 4.94. The van der Waals surface area contributed by atoms with Gasteiger partial charge in [-0.15, -0.1) is 0 Å². The second-order valence-corrected chi connectivity index (χ2v) is 1.57. The number of para-hydroxylation sites is 1. The topological polar surface area (TPSA) is 20.2 Å². The summed E-state index contributed by atoms with van der Waals surface area (Å²) in [5.74, 6) is -2.79. The van der Waals surface area contributed by atoms with Gasteiger partial charge in [0.15, 0.2) is 17.4 Å². The van der Waals surface area contributed by atoms with Gasteiger partial charge in [0.05, 0.1) is 0 Å². The van der Waals surface area contributed by atoms with E-state index in [1.54, 1.807) is 0 Å². The van der Waals surface area contributed by atoms with Crippen molar-refractivity contribution in [1.82, 2.24) is 0 Å². The molecule has 0 aliphatic rings. The zero-order valence-corrected chi connectivity index (χ0v) is 7.39. The number of hydrogen-bond donors (Lipinski definition) is 1. The molecular formula is C6H4F2OZr. The van der Waals surface area contributed by atoms with Crippen LogP contribution in [-0.2, 0) is 26.2 Å². The van der Waals surface area contributed by atoms with Crippen LogP contribution in [0.4, 0.5) is 8.78 Å². The number of hydrogen-bond acceptors (Lipinski definition) is 1. The van der Waals surface area contributed by atoms with Crippen molar-refractivity contribution in [3.05, 3.63) is 29.8 Å². The molecule has 0 bridgehead atoms. The van der Waals surface area contributed by atoms with Crippen molar-refractivity contribution in [2.24, 2.45) is 0 Å². The van der Waals surface area contributed by atoms with Crippen LogP contribution < -0.4 is 0 Å². The molecule has 0 radical (unpaired) electrons. The van der Waals surface area contributed by atoms with E-state index in [1.165, 1.54) is 6.07 Å². The minimum absolute atomic E-state index is 0. The van der Waals surface area contributed by atoms with Gasteiger partial charge in [-0.2, -0.15) is 0 Å². The van der Waals surface area contributed by atoms with Gasteiger partial charge in [-0.25, -0.2) is 8.78 Å². The fraction of sp³-hybridized carbons (Fsp3) is 0. The van der Waals surface area contributed by atoms with Crippen molar-refractivity contribution in [1.29, 1.82) is 0 Å². The first-order valence-corrected chi connectivity index (χ1v) is 2.35. The van der Waals surface area contributed by atoms with E-state index in [4.69, 9.17) is 5.11 Å². The Labute approximate surface area is 75.8 Å². The maximum Gasteiger partial charge on any atom is 0.187 e. The molecule has 0 spiro atoms. The van der Waals surface area contributed by atoms with E-state index in [1.807, 2.05) is 0 Å². The summed E-state index contributed by atoms with van der Waals surface area (Å²) in [4.78, 5) is 0. The average Bonchev–Trinajstić information content (AvgIpc) is 1.83. The molecular weight excluding hydrogens is 217 g/mol. The Balaban J connectivity index is 0.000000810. The molecule has 1 aromatic carbocycles. The molecule has 10 heavy (non-hydrogen) atoms. The standard InChI is InChI=1S/C6H4F2O.Zr/c7-4-2-1-3-5(8)6(4)9;/h1-3,9H;. The summed E-state index contributed by atoms with van der Waals surface area (Å²) in [6, 6.07) is 3.15. The Morgan fingerprint density at radius 2 is 1.50 bits per heavy atom. The van der Waals surface area contributed by atoms with E-state index in [9.17, 15) is 8.78 Å². The van der Waals surface area contributed by atoms with E-state index in [2.05, 4.69) is 0 Å². The van der Waals surface area contributed by atoms with Gasteiger partial charge < -0.3 is 5.11 Å². The van der Waals surface area contributed by atoms with E-state index < -0.39 is 17.4 Å². The fourth-order valence-electron chi connectivity index (χ4n) is 0.489. The number of aromatic hydroxyl groups is 1. The largest absolute Gasteiger partial charge is 0.503 e. The van der Waals surface area contributed by atoms with Gasteiger partial charge in [0.2, 0.25) is 0 Å². The number of phenols is 1. The van der Waals surface area contributed by atoms with E-state index in [0.29, 0.717) is 0 Å². The van der Waals surface area contributed by atoms with Gasteiger partial charge in [-0.3, -0.25) is 0 Å². The third-order valence-electron chi connectivity index (χ3n) is 0.938. The summed E-state index contributed by atoms with van der Waals surface area (Å²) in [6.45, 7) is 0. The molecule has 52 valence electrons. The molecule has 1 rings (SSSR count). The van der Waals surface area contributed by atoms with Crippen LogP contribution in [-0.4, -0.2) is 5.11 Å². The smallest absolute Gasteiger partial charge is 0.187 e. The summed E-state index contributed by atoms with van der Waals surface area (Å²) >= 11 is 0. The predicted octanol–water partition coefficient (Wildman–Crippen LogP) is 1.67. The Morgan fingerprint density at radius 1 is 1.10 bits per heavy atom. The fourth-order valence-corrected chi connectivity index (χ4v) is 0.489. The molecule has 0 saturated carbocycles. The summed E-state index contributed by atoms with van der Waals surface area (Å²) in [5, 5.41) is 8.46. The quantitative estimate of drug-likeness (QED) is 0.706. The molecule has 1 aromatic rings. The van der Waals surface area contributed by atoms with Crippen molar-refractivity contribution < 1.29 is 40.1 Å². The molecule has 1 nitrogen and oxygen atoms in total. The Bertz CT molecular complexity index is 207. The Morgan fingerprint density at radius 3 is 1.80 bits per heavy atom. The third-order valence-corrected chi connectivity index (χ3v) is 0.938. The molecule has 0 heterocycles. The summed E-state index contributed by atoms with van der Waals surface area (Å²) < 4.78 is 24.2. The first-order chi connectivity index (χ1) is 4.22. The number of benzene rings is 1. The maximum absolute atomic E-state index is 12.1. The molecule has 4 heteroatoms. The van der Waals surface area contributed by atoms with Gasteiger partial charge in [0, 0.05) is 26.2 Å². The third kappa shape index (κ3) is 1.87. The van der Waals surface area contributed by atoms with E-state index >= 15 is 0 Å². The summed E-state index contributed by atoms with van der Waals surface area (Å²) in [5.41, 5.74) is 0. The predicted molar refractivity (Wildman–Crippen MR) is 28.0 cm³/mol. The molecule has 0 aromatic heterocycles. The van der Waals surface area contributed by atoms with E-state index in [0.717, 1.165) is 12.1 Å². The van der Waals surface area contributed by atoms with Crippen molar-refractivity contribution in [3.8, 4) is 5.75 Å². The Hall–Kier alpha value is -0.237. The number of phenolic OH excluding ortho intramolecular Hbond substituents is 1. The first kappa shape index (κ1) is 9.76. The van der Waals surface area contributed by atoms with Gasteiger partial charge in [0.25, 0.3) is 0 Å². The van der Waals surface area contributed by atoms with Crippen molar-refractivity contribution in [2.75, 3.05) is 0 Å². The van der Waals surface area contributed by atoms with Crippen LogP contribution in [0.15, 0.2) is 18.2 Å². The van der Waals surface area contributed by atoms with Crippen molar-refractivity contribution in [2.45, 2.75) is 0 Å². The minimum atomic E-state index is -0.935. The van der Waals surface area contributed by atoms with Crippen LogP contribution in [0.1, 0.15) is 0 Å². The average molecular weight is 221 g/mol. The SMILES string of the molecule is Oc1c(F)cccc1F.[Zr]. The summed E-state index contributed by atoms with van der Waals surface area (Å²) in [7, 11) is 0. The van der Waals surface area contributed by atoms with Gasteiger partial charge in [-0.1, -0.05) is 6.07 Å². The monoisotopic (exact) mass is 220 g/mol. The minimum Gasteiger partial charge on any atom is -0.503 e. The van der Waals surface area contributed by atoms with Gasteiger partial charge in [-0.05, 0) is 12.1 Å². The molecule has 0 amide bonds. The van der Waals surface area contributed by atoms with Gasteiger partial charge >= 0.3 is 0 Å². The van der Waals surface area contributed by atoms with Crippen LogP contribution >= 0.6 is 0 Å². The molecule has 0 fully saturated rings. The number of halogens is 2. The molecule has 0 aliphatic heterocycles. The molecule has 0 aliphatic carbocycles. The van der Waals surface area contributed by atoms with Crippen LogP contribution in [0.2, 0.25) is 0 Å². The molecule has 0 unspecified atom stereocenters. The van der Waals surface area contributed by atoms with Crippen LogP contribution in [0.25, 0.3) is 0 Å². The molecule has 0 atom stereocenters. The Kier molecular flexibility index (Phi) is 3.73. The first-order valence-electron chi connectivity index (χ1n) is 2.35. The zero-order chi connectivity index (χ0) is 6.85. The van der Waals surface area contributed by atoms with Crippen LogP contribution in [0, 0.1) is 11.6 Å². The normalized spacial score (nSPS) is 8.60. The second kappa shape index (κ2) is 3.82. The maximum atomic E-state index is 12.1. The van der Waals surface area contributed by atoms with Crippen molar-refractivity contribution >= 4 is 0 Å². The molecule has 0 saturated heterocycles. The van der Waals surface area contributed by atoms with Crippen LogP contribution in [0.3, 0.4) is 0 Å². The van der Waals surface area contributed by atoms with Crippen molar-refractivity contribution in [3.63, 3.8) is 0 Å². The second-order valence-electron chi connectivity index (χ2n) is 1.57. The molecule has 1 N–H and O–H groups in total. The summed E-state index contributed by atoms with van der Waals surface area (Å²) in [6.07, 6.45) is 0.